The molecule has 0 amide bonds. The summed E-state index contributed by atoms with van der Waals surface area (Å²) in [6.07, 6.45) is 9.03. The molecule has 1 unspecified atom stereocenters. The van der Waals surface area contributed by atoms with E-state index in [-0.39, 0.29) is 11.2 Å². The first kappa shape index (κ1) is 14.6. The van der Waals surface area contributed by atoms with Crippen LogP contribution in [-0.2, 0) is 6.54 Å². The molecule has 1 aliphatic carbocycles. The summed E-state index contributed by atoms with van der Waals surface area (Å²) in [5, 5.41) is 9.79. The number of pyridine rings is 1. The molecular weight excluding hydrogens is 264 g/mol. The van der Waals surface area contributed by atoms with E-state index in [0.717, 1.165) is 44.1 Å². The lowest BCUT2D eigenvalue weighted by Crippen LogP contribution is -2.35. The second-order valence-corrected chi connectivity index (χ2v) is 6.84. The maximum absolute atomic E-state index is 11.8. The number of piperidine rings is 1. The summed E-state index contributed by atoms with van der Waals surface area (Å²) in [4.78, 5) is 14.3. The second-order valence-electron chi connectivity index (χ2n) is 6.84. The third-order valence-corrected chi connectivity index (χ3v) is 4.99. The molecule has 1 aromatic heterocycles. The number of hydrogen-bond donors (Lipinski definition) is 1. The van der Waals surface area contributed by atoms with Crippen LogP contribution < -0.4 is 5.43 Å². The molecule has 1 aromatic rings. The summed E-state index contributed by atoms with van der Waals surface area (Å²) in [7, 11) is 0. The molecule has 3 rings (SSSR count). The lowest BCUT2D eigenvalue weighted by molar-refractivity contribution is 0.171. The van der Waals surface area contributed by atoms with Crippen molar-refractivity contribution in [2.45, 2.75) is 58.0 Å². The Hall–Kier alpha value is -1.29. The topological polar surface area (TPSA) is 45.5 Å². The van der Waals surface area contributed by atoms with Gasteiger partial charge in [0, 0.05) is 30.9 Å². The van der Waals surface area contributed by atoms with Crippen molar-refractivity contribution < 1.29 is 5.11 Å². The van der Waals surface area contributed by atoms with Crippen LogP contribution in [0.4, 0.5) is 0 Å². The van der Waals surface area contributed by atoms with E-state index in [1.165, 1.54) is 25.7 Å². The standard InChI is InChI=1S/C17H26N2O2/c1-13-5-4-8-18(10-13)11-15-9-16(20)17(21)12-19(15)14-6-2-3-7-14/h9,12-14,21H,2-8,10-11H2,1H3. The average Bonchev–Trinajstić information content (AvgIpc) is 2.96. The van der Waals surface area contributed by atoms with Gasteiger partial charge in [0.2, 0.25) is 5.43 Å². The SMILES string of the molecule is CC1CCCN(Cc2cc(=O)c(O)cn2C2CCCC2)C1. The van der Waals surface area contributed by atoms with E-state index in [9.17, 15) is 9.90 Å². The first-order valence-corrected chi connectivity index (χ1v) is 8.30. The summed E-state index contributed by atoms with van der Waals surface area (Å²) < 4.78 is 2.17. The minimum atomic E-state index is -0.246. The Bertz CT molecular complexity index is 546. The first-order valence-electron chi connectivity index (χ1n) is 8.30. The summed E-state index contributed by atoms with van der Waals surface area (Å²) in [5.74, 6) is 0.625. The molecule has 21 heavy (non-hydrogen) atoms. The Morgan fingerprint density at radius 3 is 2.71 bits per heavy atom. The Morgan fingerprint density at radius 1 is 1.24 bits per heavy atom. The molecule has 0 spiro atoms. The van der Waals surface area contributed by atoms with Gasteiger partial charge in [-0.1, -0.05) is 19.8 Å². The minimum absolute atomic E-state index is 0.113. The maximum Gasteiger partial charge on any atom is 0.223 e. The molecule has 0 aromatic carbocycles. The molecular formula is C17H26N2O2. The van der Waals surface area contributed by atoms with Gasteiger partial charge < -0.3 is 9.67 Å². The van der Waals surface area contributed by atoms with Crippen molar-refractivity contribution in [2.75, 3.05) is 13.1 Å². The molecule has 116 valence electrons. The van der Waals surface area contributed by atoms with Crippen molar-refractivity contribution in [1.82, 2.24) is 9.47 Å². The van der Waals surface area contributed by atoms with Crippen molar-refractivity contribution in [2.24, 2.45) is 5.92 Å². The quantitative estimate of drug-likeness (QED) is 0.931. The highest BCUT2D eigenvalue weighted by Crippen LogP contribution is 2.31. The van der Waals surface area contributed by atoms with E-state index >= 15 is 0 Å². The van der Waals surface area contributed by atoms with E-state index in [2.05, 4.69) is 16.4 Å². The number of likely N-dealkylation sites (tertiary alicyclic amines) is 1. The zero-order valence-electron chi connectivity index (χ0n) is 12.9. The highest BCUT2D eigenvalue weighted by atomic mass is 16.3. The van der Waals surface area contributed by atoms with Crippen molar-refractivity contribution in [1.29, 1.82) is 0 Å². The monoisotopic (exact) mass is 290 g/mol. The van der Waals surface area contributed by atoms with Crippen molar-refractivity contribution >= 4 is 0 Å². The largest absolute Gasteiger partial charge is 0.503 e. The third kappa shape index (κ3) is 3.31. The summed E-state index contributed by atoms with van der Waals surface area (Å²) in [6, 6.07) is 2.10. The highest BCUT2D eigenvalue weighted by molar-refractivity contribution is 5.21. The predicted molar refractivity (Wildman–Crippen MR) is 83.5 cm³/mol. The molecule has 1 aliphatic heterocycles. The molecule has 1 atom stereocenters. The van der Waals surface area contributed by atoms with Gasteiger partial charge in [-0.15, -0.1) is 0 Å². The third-order valence-electron chi connectivity index (χ3n) is 4.99. The molecule has 1 N–H and O–H groups in total. The molecule has 4 heteroatoms. The van der Waals surface area contributed by atoms with Gasteiger partial charge in [-0.3, -0.25) is 9.69 Å². The van der Waals surface area contributed by atoms with Gasteiger partial charge in [0.25, 0.3) is 0 Å². The van der Waals surface area contributed by atoms with E-state index in [1.54, 1.807) is 12.3 Å². The zero-order chi connectivity index (χ0) is 14.8. The molecule has 4 nitrogen and oxygen atoms in total. The molecule has 1 saturated heterocycles. The smallest absolute Gasteiger partial charge is 0.223 e. The number of hydrogen-bond acceptors (Lipinski definition) is 3. The van der Waals surface area contributed by atoms with Gasteiger partial charge >= 0.3 is 0 Å². The van der Waals surface area contributed by atoms with Crippen LogP contribution in [0.1, 0.15) is 57.2 Å². The lowest BCUT2D eigenvalue weighted by Gasteiger charge is -2.32. The molecule has 2 heterocycles. The maximum atomic E-state index is 11.8. The number of aromatic hydroxyl groups is 1. The molecule has 0 radical (unpaired) electrons. The van der Waals surface area contributed by atoms with Crippen LogP contribution in [-0.4, -0.2) is 27.7 Å². The van der Waals surface area contributed by atoms with E-state index < -0.39 is 0 Å². The molecule has 2 aliphatic rings. The van der Waals surface area contributed by atoms with Gasteiger partial charge in [-0.25, -0.2) is 0 Å². The van der Waals surface area contributed by atoms with Crippen molar-refractivity contribution in [3.05, 3.63) is 28.2 Å². The molecule has 2 fully saturated rings. The van der Waals surface area contributed by atoms with Crippen LogP contribution in [0.3, 0.4) is 0 Å². The Labute approximate surface area is 126 Å². The van der Waals surface area contributed by atoms with Gasteiger partial charge in [0.1, 0.15) is 0 Å². The fraction of sp³-hybridized carbons (Fsp3) is 0.706. The van der Waals surface area contributed by atoms with E-state index in [4.69, 9.17) is 0 Å². The minimum Gasteiger partial charge on any atom is -0.503 e. The second kappa shape index (κ2) is 6.22. The highest BCUT2D eigenvalue weighted by Gasteiger charge is 2.22. The van der Waals surface area contributed by atoms with E-state index in [0.29, 0.717) is 6.04 Å². The van der Waals surface area contributed by atoms with Crippen molar-refractivity contribution in [3.8, 4) is 5.75 Å². The normalized spacial score (nSPS) is 24.5. The Kier molecular flexibility index (Phi) is 4.34. The lowest BCUT2D eigenvalue weighted by atomic mass is 10.00. The fourth-order valence-electron chi connectivity index (χ4n) is 3.89. The van der Waals surface area contributed by atoms with Crippen LogP contribution in [0.2, 0.25) is 0 Å². The summed E-state index contributed by atoms with van der Waals surface area (Å²) in [6.45, 7) is 5.35. The molecule has 0 bridgehead atoms. The van der Waals surface area contributed by atoms with Crippen LogP contribution >= 0.6 is 0 Å². The van der Waals surface area contributed by atoms with Crippen LogP contribution in [0.25, 0.3) is 0 Å². The predicted octanol–water partition coefficient (Wildman–Crippen LogP) is 2.90. The fourth-order valence-corrected chi connectivity index (χ4v) is 3.89. The van der Waals surface area contributed by atoms with E-state index in [1.807, 2.05) is 0 Å². The number of nitrogens with zero attached hydrogens (tertiary/aromatic N) is 2. The van der Waals surface area contributed by atoms with Crippen LogP contribution in [0.5, 0.6) is 5.75 Å². The molecule has 1 saturated carbocycles. The van der Waals surface area contributed by atoms with Gasteiger partial charge in [-0.2, -0.15) is 0 Å². The zero-order valence-corrected chi connectivity index (χ0v) is 12.9. The average molecular weight is 290 g/mol. The Morgan fingerprint density at radius 2 is 2.00 bits per heavy atom. The van der Waals surface area contributed by atoms with Gasteiger partial charge in [0.05, 0.1) is 6.20 Å². The first-order chi connectivity index (χ1) is 10.1. The Balaban J connectivity index is 1.85. The van der Waals surface area contributed by atoms with Crippen molar-refractivity contribution in [3.63, 3.8) is 0 Å². The van der Waals surface area contributed by atoms with Gasteiger partial charge in [-0.05, 0) is 38.1 Å². The van der Waals surface area contributed by atoms with Crippen LogP contribution in [0, 0.1) is 5.92 Å². The summed E-state index contributed by atoms with van der Waals surface area (Å²) in [5.41, 5.74) is 0.822. The number of aromatic nitrogens is 1. The summed E-state index contributed by atoms with van der Waals surface area (Å²) >= 11 is 0. The number of rotatable bonds is 3. The van der Waals surface area contributed by atoms with Gasteiger partial charge in [0.15, 0.2) is 5.75 Å². The van der Waals surface area contributed by atoms with Crippen LogP contribution in [0.15, 0.2) is 17.1 Å².